The van der Waals surface area contributed by atoms with Gasteiger partial charge in [-0.2, -0.15) is 17.6 Å². The van der Waals surface area contributed by atoms with Crippen molar-refractivity contribution in [3.05, 3.63) is 11.7 Å². The standard InChI is InChI=1S/C14H23N3O3S/c1-11-15-13(20-16-11)14(6-9-19-2)4-7-17(8-5-14)12(18)3-10-21/h21H,3-10H2,1-2H3. The van der Waals surface area contributed by atoms with Crippen LogP contribution in [0, 0.1) is 6.92 Å². The number of piperidine rings is 1. The van der Waals surface area contributed by atoms with Crippen LogP contribution in [0.1, 0.15) is 37.4 Å². The van der Waals surface area contributed by atoms with Gasteiger partial charge >= 0.3 is 0 Å². The van der Waals surface area contributed by atoms with E-state index in [1.54, 1.807) is 7.11 Å². The number of ether oxygens (including phenoxy) is 1. The molecule has 0 N–H and O–H groups in total. The summed E-state index contributed by atoms with van der Waals surface area (Å²) < 4.78 is 10.6. The average Bonchev–Trinajstić information content (AvgIpc) is 2.93. The van der Waals surface area contributed by atoms with Crippen molar-refractivity contribution in [2.24, 2.45) is 0 Å². The van der Waals surface area contributed by atoms with E-state index in [0.29, 0.717) is 30.5 Å². The van der Waals surface area contributed by atoms with Crippen molar-refractivity contribution in [1.82, 2.24) is 15.0 Å². The van der Waals surface area contributed by atoms with E-state index < -0.39 is 0 Å². The highest BCUT2D eigenvalue weighted by molar-refractivity contribution is 7.80. The zero-order chi connectivity index (χ0) is 15.3. The summed E-state index contributed by atoms with van der Waals surface area (Å²) in [5.74, 6) is 2.09. The summed E-state index contributed by atoms with van der Waals surface area (Å²) in [6.45, 7) is 3.91. The second-order valence-corrected chi connectivity index (χ2v) is 5.97. The molecule has 7 heteroatoms. The van der Waals surface area contributed by atoms with Crippen molar-refractivity contribution in [3.8, 4) is 0 Å². The summed E-state index contributed by atoms with van der Waals surface area (Å²) >= 11 is 4.12. The number of nitrogens with zero attached hydrogens (tertiary/aromatic N) is 3. The lowest BCUT2D eigenvalue weighted by Gasteiger charge is -2.39. The third-order valence-electron chi connectivity index (χ3n) is 4.16. The second-order valence-electron chi connectivity index (χ2n) is 5.52. The van der Waals surface area contributed by atoms with Crippen molar-refractivity contribution in [3.63, 3.8) is 0 Å². The Morgan fingerprint density at radius 1 is 1.48 bits per heavy atom. The number of aryl methyl sites for hydroxylation is 1. The predicted molar refractivity (Wildman–Crippen MR) is 81.5 cm³/mol. The van der Waals surface area contributed by atoms with Crippen LogP contribution in [-0.2, 0) is 14.9 Å². The molecular weight excluding hydrogens is 290 g/mol. The third kappa shape index (κ3) is 3.77. The van der Waals surface area contributed by atoms with Gasteiger partial charge in [0.1, 0.15) is 0 Å². The van der Waals surface area contributed by atoms with E-state index in [4.69, 9.17) is 9.26 Å². The first-order valence-electron chi connectivity index (χ1n) is 7.30. The van der Waals surface area contributed by atoms with Crippen molar-refractivity contribution in [2.45, 2.75) is 38.0 Å². The first-order valence-corrected chi connectivity index (χ1v) is 7.93. The lowest BCUT2D eigenvalue weighted by molar-refractivity contribution is -0.132. The van der Waals surface area contributed by atoms with E-state index in [-0.39, 0.29) is 11.3 Å². The van der Waals surface area contributed by atoms with E-state index in [1.165, 1.54) is 0 Å². The number of carbonyl (C=O) groups is 1. The molecule has 6 nitrogen and oxygen atoms in total. The minimum Gasteiger partial charge on any atom is -0.385 e. The third-order valence-corrected chi connectivity index (χ3v) is 4.39. The fraction of sp³-hybridized carbons (Fsp3) is 0.786. The van der Waals surface area contributed by atoms with Gasteiger partial charge in [-0.1, -0.05) is 5.16 Å². The molecule has 2 heterocycles. The normalized spacial score (nSPS) is 18.0. The van der Waals surface area contributed by atoms with Crippen molar-refractivity contribution < 1.29 is 14.1 Å². The Hall–Kier alpha value is -1.08. The fourth-order valence-corrected chi connectivity index (χ4v) is 3.01. The molecule has 1 aromatic heterocycles. The maximum absolute atomic E-state index is 12.0. The van der Waals surface area contributed by atoms with Gasteiger partial charge < -0.3 is 14.2 Å². The minimum atomic E-state index is -0.172. The summed E-state index contributed by atoms with van der Waals surface area (Å²) in [6, 6.07) is 0. The van der Waals surface area contributed by atoms with Gasteiger partial charge in [-0.25, -0.2) is 0 Å². The number of methoxy groups -OCH3 is 1. The molecule has 0 atom stereocenters. The van der Waals surface area contributed by atoms with Crippen LogP contribution in [0.5, 0.6) is 0 Å². The number of likely N-dealkylation sites (tertiary alicyclic amines) is 1. The maximum Gasteiger partial charge on any atom is 0.233 e. The topological polar surface area (TPSA) is 68.5 Å². The van der Waals surface area contributed by atoms with Gasteiger partial charge in [0.25, 0.3) is 0 Å². The molecule has 0 spiro atoms. The number of aromatic nitrogens is 2. The molecule has 0 unspecified atom stereocenters. The number of hydrogen-bond acceptors (Lipinski definition) is 6. The second kappa shape index (κ2) is 7.26. The zero-order valence-corrected chi connectivity index (χ0v) is 13.6. The quantitative estimate of drug-likeness (QED) is 0.808. The molecule has 0 aromatic carbocycles. The molecule has 1 aromatic rings. The molecular formula is C14H23N3O3S. The Morgan fingerprint density at radius 3 is 2.71 bits per heavy atom. The van der Waals surface area contributed by atoms with E-state index in [0.717, 1.165) is 32.4 Å². The Kier molecular flexibility index (Phi) is 5.64. The van der Waals surface area contributed by atoms with Gasteiger partial charge in [-0.05, 0) is 31.9 Å². The number of carbonyl (C=O) groups excluding carboxylic acids is 1. The summed E-state index contributed by atoms with van der Waals surface area (Å²) in [5, 5.41) is 3.91. The predicted octanol–water partition coefficient (Wildman–Crippen LogP) is 1.59. The zero-order valence-electron chi connectivity index (χ0n) is 12.7. The smallest absolute Gasteiger partial charge is 0.233 e. The fourth-order valence-electron chi connectivity index (χ4n) is 2.82. The van der Waals surface area contributed by atoms with E-state index >= 15 is 0 Å². The molecule has 21 heavy (non-hydrogen) atoms. The lowest BCUT2D eigenvalue weighted by Crippen LogP contribution is -2.46. The molecule has 1 aliphatic rings. The molecule has 2 rings (SSSR count). The van der Waals surface area contributed by atoms with Crippen molar-refractivity contribution >= 4 is 18.5 Å². The monoisotopic (exact) mass is 313 g/mol. The lowest BCUT2D eigenvalue weighted by atomic mass is 9.75. The molecule has 1 saturated heterocycles. The minimum absolute atomic E-state index is 0.172. The largest absolute Gasteiger partial charge is 0.385 e. The average molecular weight is 313 g/mol. The van der Waals surface area contributed by atoms with Crippen LogP contribution in [0.25, 0.3) is 0 Å². The van der Waals surface area contributed by atoms with Crippen LogP contribution in [0.15, 0.2) is 4.52 Å². The summed E-state index contributed by atoms with van der Waals surface area (Å²) in [5.41, 5.74) is -0.172. The first-order chi connectivity index (χ1) is 10.1. The van der Waals surface area contributed by atoms with E-state index in [2.05, 4.69) is 22.8 Å². The molecule has 0 saturated carbocycles. The van der Waals surface area contributed by atoms with Crippen LogP contribution in [-0.4, -0.2) is 53.5 Å². The Morgan fingerprint density at radius 2 is 2.19 bits per heavy atom. The van der Waals surface area contributed by atoms with Gasteiger partial charge in [0.15, 0.2) is 5.82 Å². The van der Waals surface area contributed by atoms with Gasteiger partial charge in [0.05, 0.1) is 5.41 Å². The van der Waals surface area contributed by atoms with E-state index in [9.17, 15) is 4.79 Å². The Bertz CT molecular complexity index is 470. The number of rotatable bonds is 6. The molecule has 1 fully saturated rings. The SMILES string of the molecule is COCCC1(c2nc(C)no2)CCN(C(=O)CCS)CC1. The number of amides is 1. The van der Waals surface area contributed by atoms with Gasteiger partial charge in [-0.15, -0.1) is 0 Å². The van der Waals surface area contributed by atoms with Crippen LogP contribution >= 0.6 is 12.6 Å². The first kappa shape index (κ1) is 16.3. The highest BCUT2D eigenvalue weighted by atomic mass is 32.1. The van der Waals surface area contributed by atoms with E-state index in [1.807, 2.05) is 11.8 Å². The Balaban J connectivity index is 2.08. The van der Waals surface area contributed by atoms with Crippen LogP contribution in [0.3, 0.4) is 0 Å². The summed E-state index contributed by atoms with van der Waals surface area (Å²) in [4.78, 5) is 18.3. The molecule has 0 radical (unpaired) electrons. The van der Waals surface area contributed by atoms with Crippen LogP contribution < -0.4 is 0 Å². The molecule has 0 aliphatic carbocycles. The highest BCUT2D eigenvalue weighted by Gasteiger charge is 2.41. The summed E-state index contributed by atoms with van der Waals surface area (Å²) in [7, 11) is 1.69. The molecule has 0 bridgehead atoms. The van der Waals surface area contributed by atoms with Crippen molar-refractivity contribution in [1.29, 1.82) is 0 Å². The maximum atomic E-state index is 12.0. The van der Waals surface area contributed by atoms with Crippen LogP contribution in [0.2, 0.25) is 0 Å². The molecule has 1 amide bonds. The molecule has 1 aliphatic heterocycles. The number of hydrogen-bond donors (Lipinski definition) is 1. The van der Waals surface area contributed by atoms with Gasteiger partial charge in [-0.3, -0.25) is 4.79 Å². The Labute approximate surface area is 130 Å². The number of thiol groups is 1. The molecule has 118 valence electrons. The van der Waals surface area contributed by atoms with Crippen molar-refractivity contribution in [2.75, 3.05) is 32.6 Å². The highest BCUT2D eigenvalue weighted by Crippen LogP contribution is 2.38. The van der Waals surface area contributed by atoms with Gasteiger partial charge in [0.2, 0.25) is 11.8 Å². The van der Waals surface area contributed by atoms with Gasteiger partial charge in [0, 0.05) is 33.2 Å². The van der Waals surface area contributed by atoms with Crippen LogP contribution in [0.4, 0.5) is 0 Å². The summed E-state index contributed by atoms with van der Waals surface area (Å²) in [6.07, 6.45) is 2.99.